The van der Waals surface area contributed by atoms with Gasteiger partial charge in [-0.1, -0.05) is 22.9 Å². The van der Waals surface area contributed by atoms with E-state index in [0.29, 0.717) is 45.9 Å². The molecule has 0 amide bonds. The highest BCUT2D eigenvalue weighted by Crippen LogP contribution is 2.37. The fourth-order valence-electron chi connectivity index (χ4n) is 3.73. The third-order valence-corrected chi connectivity index (χ3v) is 7.68. The molecule has 34 heavy (non-hydrogen) atoms. The maximum Gasteiger partial charge on any atom is 0.338 e. The van der Waals surface area contributed by atoms with E-state index in [1.807, 2.05) is 0 Å². The number of carbonyl (C=O) groups is 1. The molecule has 11 heteroatoms. The average molecular weight is 629 g/mol. The summed E-state index contributed by atoms with van der Waals surface area (Å²) in [6.07, 6.45) is 1.70. The van der Waals surface area contributed by atoms with Crippen LogP contribution in [0.4, 0.5) is 0 Å². The molecule has 1 aromatic heterocycles. The van der Waals surface area contributed by atoms with Gasteiger partial charge in [-0.2, -0.15) is 0 Å². The molecule has 0 radical (unpaired) electrons. The molecule has 4 rings (SSSR count). The number of fused-ring (bicyclic) bond motifs is 1. The normalized spacial score (nSPS) is 15.7. The Morgan fingerprint density at radius 2 is 1.91 bits per heavy atom. The molecule has 0 unspecified atom stereocenters. The minimum absolute atomic E-state index is 0.0602. The smallest absolute Gasteiger partial charge is 0.338 e. The SMILES string of the molecule is COC(=O)C1=C(C)N=c2s/c(=C\c3cc(Br)c(O)c(Br)c3)c(=O)n2[C@@H]1c1cc(Cl)ccc1OC. The number of rotatable bonds is 4. The molecule has 0 aliphatic carbocycles. The molecule has 0 bridgehead atoms. The number of esters is 1. The van der Waals surface area contributed by atoms with Crippen LogP contribution in [0.1, 0.15) is 24.1 Å². The second kappa shape index (κ2) is 9.69. The minimum atomic E-state index is -0.849. The van der Waals surface area contributed by atoms with Gasteiger partial charge in [-0.15, -0.1) is 0 Å². The van der Waals surface area contributed by atoms with Crippen molar-refractivity contribution >= 4 is 66.8 Å². The van der Waals surface area contributed by atoms with Gasteiger partial charge in [0.25, 0.3) is 5.56 Å². The van der Waals surface area contributed by atoms with Gasteiger partial charge in [-0.05, 0) is 80.8 Å². The minimum Gasteiger partial charge on any atom is -0.506 e. The molecule has 176 valence electrons. The van der Waals surface area contributed by atoms with Crippen LogP contribution in [0.15, 0.2) is 60.3 Å². The maximum absolute atomic E-state index is 13.6. The second-order valence-electron chi connectivity index (χ2n) is 7.29. The molecule has 1 atom stereocenters. The molecule has 1 N–H and O–H groups in total. The number of benzene rings is 2. The van der Waals surface area contributed by atoms with Crippen molar-refractivity contribution in [3.8, 4) is 11.5 Å². The Labute approximate surface area is 219 Å². The molecule has 3 aromatic rings. The van der Waals surface area contributed by atoms with E-state index in [4.69, 9.17) is 21.1 Å². The van der Waals surface area contributed by atoms with Gasteiger partial charge in [0.2, 0.25) is 0 Å². The summed E-state index contributed by atoms with van der Waals surface area (Å²) in [5, 5.41) is 10.4. The van der Waals surface area contributed by atoms with E-state index < -0.39 is 12.0 Å². The molecule has 1 aliphatic rings. The van der Waals surface area contributed by atoms with Gasteiger partial charge in [-0.25, -0.2) is 9.79 Å². The van der Waals surface area contributed by atoms with Crippen molar-refractivity contribution in [2.75, 3.05) is 14.2 Å². The molecule has 0 fully saturated rings. The number of aromatic hydroxyl groups is 1. The number of ether oxygens (including phenoxy) is 2. The van der Waals surface area contributed by atoms with Crippen LogP contribution in [-0.4, -0.2) is 29.9 Å². The molecule has 7 nitrogen and oxygen atoms in total. The number of phenolic OH excluding ortho intramolecular Hbond substituents is 1. The molecule has 2 aromatic carbocycles. The van der Waals surface area contributed by atoms with E-state index in [0.717, 1.165) is 0 Å². The van der Waals surface area contributed by atoms with E-state index in [9.17, 15) is 14.7 Å². The lowest BCUT2D eigenvalue weighted by Crippen LogP contribution is -2.40. The number of allylic oxidation sites excluding steroid dienone is 1. The summed E-state index contributed by atoms with van der Waals surface area (Å²) in [5.74, 6) is -0.0783. The lowest BCUT2D eigenvalue weighted by molar-refractivity contribution is -0.136. The molecule has 0 saturated carbocycles. The lowest BCUT2D eigenvalue weighted by Gasteiger charge is -2.25. The van der Waals surface area contributed by atoms with Crippen molar-refractivity contribution < 1.29 is 19.4 Å². The second-order valence-corrected chi connectivity index (χ2v) is 10.4. The highest BCUT2D eigenvalue weighted by atomic mass is 79.9. The largest absolute Gasteiger partial charge is 0.506 e. The highest BCUT2D eigenvalue weighted by Gasteiger charge is 2.35. The maximum atomic E-state index is 13.6. The highest BCUT2D eigenvalue weighted by molar-refractivity contribution is 9.11. The van der Waals surface area contributed by atoms with Gasteiger partial charge < -0.3 is 14.6 Å². The Balaban J connectivity index is 2.03. The van der Waals surface area contributed by atoms with Crippen molar-refractivity contribution in [3.05, 3.63) is 86.4 Å². The Bertz CT molecular complexity index is 1520. The first-order valence-corrected chi connectivity index (χ1v) is 12.6. The van der Waals surface area contributed by atoms with Gasteiger partial charge in [0.15, 0.2) is 4.80 Å². The first-order valence-electron chi connectivity index (χ1n) is 9.78. The number of phenols is 1. The Morgan fingerprint density at radius 3 is 2.53 bits per heavy atom. The molecule has 2 heterocycles. The van der Waals surface area contributed by atoms with Crippen LogP contribution in [0.5, 0.6) is 11.5 Å². The Kier molecular flexibility index (Phi) is 7.04. The number of aromatic nitrogens is 1. The third kappa shape index (κ3) is 4.35. The molecule has 1 aliphatic heterocycles. The zero-order valence-electron chi connectivity index (χ0n) is 18.1. The molecule has 0 saturated heterocycles. The average Bonchev–Trinajstić information content (AvgIpc) is 3.10. The van der Waals surface area contributed by atoms with Crippen LogP contribution in [0.25, 0.3) is 6.08 Å². The predicted octanol–water partition coefficient (Wildman–Crippen LogP) is 4.30. The van der Waals surface area contributed by atoms with Gasteiger partial charge in [-0.3, -0.25) is 9.36 Å². The number of hydrogen-bond acceptors (Lipinski definition) is 7. The zero-order chi connectivity index (χ0) is 24.7. The monoisotopic (exact) mass is 626 g/mol. The van der Waals surface area contributed by atoms with Gasteiger partial charge in [0.1, 0.15) is 17.5 Å². The van der Waals surface area contributed by atoms with Crippen molar-refractivity contribution in [2.24, 2.45) is 4.99 Å². The molecule has 0 spiro atoms. The summed E-state index contributed by atoms with van der Waals surface area (Å²) in [4.78, 5) is 31.4. The van der Waals surface area contributed by atoms with E-state index in [1.54, 1.807) is 43.3 Å². The first kappa shape index (κ1) is 24.7. The number of methoxy groups -OCH3 is 2. The van der Waals surface area contributed by atoms with Crippen LogP contribution in [0.2, 0.25) is 5.02 Å². The summed E-state index contributed by atoms with van der Waals surface area (Å²) in [5.41, 5.74) is 1.53. The van der Waals surface area contributed by atoms with E-state index in [-0.39, 0.29) is 16.9 Å². The number of thiazole rings is 1. The van der Waals surface area contributed by atoms with Crippen LogP contribution < -0.4 is 19.6 Å². The van der Waals surface area contributed by atoms with E-state index in [1.165, 1.54) is 30.1 Å². The topological polar surface area (TPSA) is 90.1 Å². The van der Waals surface area contributed by atoms with Gasteiger partial charge in [0, 0.05) is 10.6 Å². The molecular formula is C23H17Br2ClN2O5S. The summed E-state index contributed by atoms with van der Waals surface area (Å²) >= 11 is 14.1. The van der Waals surface area contributed by atoms with Crippen LogP contribution in [-0.2, 0) is 9.53 Å². The van der Waals surface area contributed by atoms with Crippen molar-refractivity contribution in [1.82, 2.24) is 4.57 Å². The number of nitrogens with zero attached hydrogens (tertiary/aromatic N) is 2. The number of halogens is 3. The quantitative estimate of drug-likeness (QED) is 0.436. The molecular weight excluding hydrogens is 612 g/mol. The van der Waals surface area contributed by atoms with Crippen LogP contribution >= 0.6 is 54.8 Å². The summed E-state index contributed by atoms with van der Waals surface area (Å²) in [6.45, 7) is 1.70. The van der Waals surface area contributed by atoms with Crippen LogP contribution in [0.3, 0.4) is 0 Å². The standard InChI is InChI=1S/C23H17Br2ClN2O5S/c1-10-18(22(31)33-3)19(13-9-12(26)4-5-16(13)32-2)28-21(30)17(34-23(28)27-10)8-11-6-14(24)20(29)15(25)7-11/h4-9,19,29H,1-3H3/b17-8-/t19-/m1/s1. The first-order chi connectivity index (χ1) is 16.2. The van der Waals surface area contributed by atoms with Gasteiger partial charge >= 0.3 is 5.97 Å². The fraction of sp³-hybridized carbons (Fsp3) is 0.174. The fourth-order valence-corrected chi connectivity index (χ4v) is 6.17. The summed E-state index contributed by atoms with van der Waals surface area (Å²) in [6, 6.07) is 7.56. The van der Waals surface area contributed by atoms with Crippen molar-refractivity contribution in [2.45, 2.75) is 13.0 Å². The van der Waals surface area contributed by atoms with Crippen molar-refractivity contribution in [1.29, 1.82) is 0 Å². The zero-order valence-corrected chi connectivity index (χ0v) is 22.8. The number of hydrogen-bond donors (Lipinski definition) is 1. The summed E-state index contributed by atoms with van der Waals surface area (Å²) < 4.78 is 13.4. The van der Waals surface area contributed by atoms with E-state index in [2.05, 4.69) is 36.9 Å². The number of carbonyl (C=O) groups excluding carboxylic acids is 1. The van der Waals surface area contributed by atoms with E-state index >= 15 is 0 Å². The van der Waals surface area contributed by atoms with Crippen molar-refractivity contribution in [3.63, 3.8) is 0 Å². The third-order valence-electron chi connectivity index (χ3n) is 5.25. The lowest BCUT2D eigenvalue weighted by atomic mass is 9.95. The Hall–Kier alpha value is -2.40. The summed E-state index contributed by atoms with van der Waals surface area (Å²) in [7, 11) is 2.78. The predicted molar refractivity (Wildman–Crippen MR) is 137 cm³/mol. The van der Waals surface area contributed by atoms with Gasteiger partial charge in [0.05, 0.1) is 39.0 Å². The van der Waals surface area contributed by atoms with Crippen LogP contribution in [0, 0.1) is 0 Å². The Morgan fingerprint density at radius 1 is 1.24 bits per heavy atom.